The van der Waals surface area contributed by atoms with Gasteiger partial charge in [-0.1, -0.05) is 18.6 Å². The third-order valence-corrected chi connectivity index (χ3v) is 3.95. The SMILES string of the molecule is COc1ccccc1NC(N)=NCc1nnc2n1CCCCC2.I. The van der Waals surface area contributed by atoms with Gasteiger partial charge < -0.3 is 20.4 Å². The standard InChI is InChI=1S/C16H22N6O.HI/c1-23-13-8-5-4-7-12(13)19-16(17)18-11-15-21-20-14-9-3-2-6-10-22(14)15;/h4-5,7-8H,2-3,6,9-11H2,1H3,(H3,17,18,19);1H. The number of benzene rings is 1. The molecule has 1 aliphatic rings. The first-order chi connectivity index (χ1) is 11.3. The molecule has 3 rings (SSSR count). The van der Waals surface area contributed by atoms with E-state index in [2.05, 4.69) is 25.1 Å². The Kier molecular flexibility index (Phi) is 6.83. The minimum atomic E-state index is 0. The summed E-state index contributed by atoms with van der Waals surface area (Å²) in [5.41, 5.74) is 6.77. The van der Waals surface area contributed by atoms with E-state index in [1.54, 1.807) is 7.11 Å². The molecule has 1 aliphatic heterocycles. The van der Waals surface area contributed by atoms with Gasteiger partial charge in [0.25, 0.3) is 0 Å². The van der Waals surface area contributed by atoms with Gasteiger partial charge in [0, 0.05) is 13.0 Å². The van der Waals surface area contributed by atoms with Gasteiger partial charge in [0.15, 0.2) is 11.8 Å². The lowest BCUT2D eigenvalue weighted by molar-refractivity contribution is 0.417. The van der Waals surface area contributed by atoms with Crippen molar-refractivity contribution < 1.29 is 4.74 Å². The van der Waals surface area contributed by atoms with Crippen LogP contribution in [0.1, 0.15) is 30.9 Å². The van der Waals surface area contributed by atoms with Crippen molar-refractivity contribution in [1.82, 2.24) is 14.8 Å². The Morgan fingerprint density at radius 2 is 2.12 bits per heavy atom. The average molecular weight is 442 g/mol. The third-order valence-electron chi connectivity index (χ3n) is 3.95. The number of rotatable bonds is 4. The lowest BCUT2D eigenvalue weighted by Crippen LogP contribution is -2.23. The molecule has 0 amide bonds. The molecule has 3 N–H and O–H groups in total. The summed E-state index contributed by atoms with van der Waals surface area (Å²) >= 11 is 0. The number of nitrogens with one attached hydrogen (secondary N) is 1. The maximum Gasteiger partial charge on any atom is 0.193 e. The number of anilines is 1. The fourth-order valence-electron chi connectivity index (χ4n) is 2.74. The molecule has 130 valence electrons. The first-order valence-corrected chi connectivity index (χ1v) is 7.89. The molecule has 0 saturated carbocycles. The summed E-state index contributed by atoms with van der Waals surface area (Å²) < 4.78 is 7.46. The fraction of sp³-hybridized carbons (Fsp3) is 0.438. The molecule has 0 spiro atoms. The van der Waals surface area contributed by atoms with Gasteiger partial charge in [-0.25, -0.2) is 4.99 Å². The first-order valence-electron chi connectivity index (χ1n) is 7.89. The van der Waals surface area contributed by atoms with E-state index in [-0.39, 0.29) is 24.0 Å². The number of aryl methyl sites for hydroxylation is 1. The molecule has 7 nitrogen and oxygen atoms in total. The van der Waals surface area contributed by atoms with E-state index in [4.69, 9.17) is 10.5 Å². The van der Waals surface area contributed by atoms with Crippen LogP contribution in [0.15, 0.2) is 29.3 Å². The number of fused-ring (bicyclic) bond motifs is 1. The molecule has 2 heterocycles. The summed E-state index contributed by atoms with van der Waals surface area (Å²) in [6.45, 7) is 1.38. The van der Waals surface area contributed by atoms with Gasteiger partial charge >= 0.3 is 0 Å². The van der Waals surface area contributed by atoms with E-state index in [0.29, 0.717) is 12.5 Å². The van der Waals surface area contributed by atoms with Crippen LogP contribution in [0.4, 0.5) is 5.69 Å². The monoisotopic (exact) mass is 442 g/mol. The number of ether oxygens (including phenoxy) is 1. The highest BCUT2D eigenvalue weighted by molar-refractivity contribution is 14.0. The van der Waals surface area contributed by atoms with Crippen LogP contribution in [0.2, 0.25) is 0 Å². The highest BCUT2D eigenvalue weighted by Gasteiger charge is 2.14. The Bertz CT molecular complexity index is 700. The Morgan fingerprint density at radius 3 is 2.96 bits per heavy atom. The van der Waals surface area contributed by atoms with E-state index in [0.717, 1.165) is 42.5 Å². The van der Waals surface area contributed by atoms with Gasteiger partial charge in [-0.3, -0.25) is 0 Å². The van der Waals surface area contributed by atoms with Crippen molar-refractivity contribution in [1.29, 1.82) is 0 Å². The number of hydrogen-bond acceptors (Lipinski definition) is 4. The lowest BCUT2D eigenvalue weighted by Gasteiger charge is -2.10. The zero-order valence-corrected chi connectivity index (χ0v) is 16.1. The summed E-state index contributed by atoms with van der Waals surface area (Å²) in [5, 5.41) is 11.6. The Morgan fingerprint density at radius 1 is 1.29 bits per heavy atom. The van der Waals surface area contributed by atoms with E-state index in [1.807, 2.05) is 24.3 Å². The zero-order chi connectivity index (χ0) is 16.1. The predicted octanol–water partition coefficient (Wildman–Crippen LogP) is 2.56. The van der Waals surface area contributed by atoms with Crippen LogP contribution in [0.3, 0.4) is 0 Å². The summed E-state index contributed by atoms with van der Waals surface area (Å²) in [5.74, 6) is 2.98. The van der Waals surface area contributed by atoms with Crippen LogP contribution in [-0.4, -0.2) is 27.8 Å². The van der Waals surface area contributed by atoms with Crippen LogP contribution >= 0.6 is 24.0 Å². The number of aliphatic imine (C=N–C) groups is 1. The number of nitrogens with zero attached hydrogens (tertiary/aromatic N) is 4. The van der Waals surface area contributed by atoms with Gasteiger partial charge in [-0.2, -0.15) is 0 Å². The van der Waals surface area contributed by atoms with Crippen molar-refractivity contribution in [2.75, 3.05) is 12.4 Å². The van der Waals surface area contributed by atoms with Crippen molar-refractivity contribution >= 4 is 35.6 Å². The Hall–Kier alpha value is -1.84. The second kappa shape index (κ2) is 8.86. The zero-order valence-electron chi connectivity index (χ0n) is 13.7. The van der Waals surface area contributed by atoms with Crippen LogP contribution in [0.5, 0.6) is 5.75 Å². The molecule has 0 saturated heterocycles. The number of aromatic nitrogens is 3. The molecular weight excluding hydrogens is 419 g/mol. The van der Waals surface area contributed by atoms with E-state index in [1.165, 1.54) is 12.8 Å². The van der Waals surface area contributed by atoms with Crippen molar-refractivity contribution in [3.05, 3.63) is 35.9 Å². The molecular formula is C16H23IN6O. The molecule has 2 aromatic rings. The van der Waals surface area contributed by atoms with Gasteiger partial charge in [-0.05, 0) is 25.0 Å². The Balaban J connectivity index is 0.00000208. The van der Waals surface area contributed by atoms with Crippen molar-refractivity contribution in [2.24, 2.45) is 10.7 Å². The molecule has 0 atom stereocenters. The second-order valence-corrected chi connectivity index (χ2v) is 5.52. The maximum absolute atomic E-state index is 5.98. The molecule has 1 aromatic heterocycles. The van der Waals surface area contributed by atoms with Gasteiger partial charge in [0.1, 0.15) is 18.1 Å². The van der Waals surface area contributed by atoms with Crippen molar-refractivity contribution in [2.45, 2.75) is 38.8 Å². The quantitative estimate of drug-likeness (QED) is 0.432. The maximum atomic E-state index is 5.98. The highest BCUT2D eigenvalue weighted by Crippen LogP contribution is 2.22. The van der Waals surface area contributed by atoms with Crippen LogP contribution in [0.25, 0.3) is 0 Å². The van der Waals surface area contributed by atoms with Crippen LogP contribution in [-0.2, 0) is 19.5 Å². The number of para-hydroxylation sites is 2. The number of halogens is 1. The normalized spacial score (nSPS) is 14.3. The van der Waals surface area contributed by atoms with E-state index in [9.17, 15) is 0 Å². The number of nitrogens with two attached hydrogens (primary N) is 1. The molecule has 0 bridgehead atoms. The largest absolute Gasteiger partial charge is 0.495 e. The van der Waals surface area contributed by atoms with E-state index < -0.39 is 0 Å². The van der Waals surface area contributed by atoms with Crippen LogP contribution < -0.4 is 15.8 Å². The molecule has 1 aromatic carbocycles. The average Bonchev–Trinajstić information content (AvgIpc) is 2.80. The predicted molar refractivity (Wildman–Crippen MR) is 105 cm³/mol. The molecule has 0 aliphatic carbocycles. The molecule has 0 fully saturated rings. The number of hydrogen-bond donors (Lipinski definition) is 2. The summed E-state index contributed by atoms with van der Waals surface area (Å²) in [6.07, 6.45) is 4.57. The summed E-state index contributed by atoms with van der Waals surface area (Å²) in [7, 11) is 1.62. The molecule has 8 heteroatoms. The fourth-order valence-corrected chi connectivity index (χ4v) is 2.74. The summed E-state index contributed by atoms with van der Waals surface area (Å²) in [4.78, 5) is 4.38. The number of methoxy groups -OCH3 is 1. The van der Waals surface area contributed by atoms with Gasteiger partial charge in [-0.15, -0.1) is 34.2 Å². The van der Waals surface area contributed by atoms with Crippen molar-refractivity contribution in [3.63, 3.8) is 0 Å². The van der Waals surface area contributed by atoms with Gasteiger partial charge in [0.05, 0.1) is 12.8 Å². The Labute approximate surface area is 158 Å². The lowest BCUT2D eigenvalue weighted by atomic mass is 10.2. The second-order valence-electron chi connectivity index (χ2n) is 5.52. The molecule has 24 heavy (non-hydrogen) atoms. The minimum Gasteiger partial charge on any atom is -0.495 e. The number of guanidine groups is 1. The molecule has 0 unspecified atom stereocenters. The van der Waals surface area contributed by atoms with Crippen molar-refractivity contribution in [3.8, 4) is 5.75 Å². The third kappa shape index (κ3) is 4.37. The van der Waals surface area contributed by atoms with E-state index >= 15 is 0 Å². The topological polar surface area (TPSA) is 90.3 Å². The molecule has 0 radical (unpaired) electrons. The highest BCUT2D eigenvalue weighted by atomic mass is 127. The minimum absolute atomic E-state index is 0. The van der Waals surface area contributed by atoms with Gasteiger partial charge in [0.2, 0.25) is 0 Å². The first kappa shape index (κ1) is 18.5. The smallest absolute Gasteiger partial charge is 0.193 e. The van der Waals surface area contributed by atoms with Crippen LogP contribution in [0, 0.1) is 0 Å². The summed E-state index contributed by atoms with van der Waals surface area (Å²) in [6, 6.07) is 7.58.